The van der Waals surface area contributed by atoms with Crippen molar-refractivity contribution in [3.05, 3.63) is 35.7 Å². The van der Waals surface area contributed by atoms with E-state index in [0.29, 0.717) is 25.2 Å². The quantitative estimate of drug-likeness (QED) is 0.650. The zero-order chi connectivity index (χ0) is 21.7. The van der Waals surface area contributed by atoms with E-state index in [-0.39, 0.29) is 0 Å². The molecule has 0 amide bonds. The number of benzene rings is 1. The molecular formula is C23H28ClFN6O. The largest absolute Gasteiger partial charge is 0.378 e. The monoisotopic (exact) mass is 458 g/mol. The molecule has 2 bridgehead atoms. The van der Waals surface area contributed by atoms with Gasteiger partial charge in [-0.15, -0.1) is 0 Å². The number of nitrogens with zero attached hydrogens (tertiary/aromatic N) is 5. The molecule has 1 atom stereocenters. The molecule has 2 aliphatic heterocycles. The molecule has 7 nitrogen and oxygen atoms in total. The Balaban J connectivity index is 0.000000285. The molecular weight excluding hydrogens is 431 g/mol. The van der Waals surface area contributed by atoms with E-state index < -0.39 is 6.17 Å². The van der Waals surface area contributed by atoms with Crippen LogP contribution in [0.5, 0.6) is 0 Å². The van der Waals surface area contributed by atoms with E-state index in [1.807, 2.05) is 23.1 Å². The lowest BCUT2D eigenvalue weighted by atomic mass is 9.50. The van der Waals surface area contributed by atoms with E-state index in [1.165, 1.54) is 19.3 Å². The summed E-state index contributed by atoms with van der Waals surface area (Å²) in [7, 11) is 0. The minimum absolute atomic E-state index is 0.307. The summed E-state index contributed by atoms with van der Waals surface area (Å²) in [5.41, 5.74) is 3.51. The normalized spacial score (nSPS) is 28.8. The minimum atomic E-state index is -0.676. The molecule has 5 fully saturated rings. The number of hydrogen-bond donors (Lipinski definition) is 1. The number of ether oxygens (including phenoxy) is 1. The van der Waals surface area contributed by atoms with Crippen LogP contribution < -0.4 is 10.2 Å². The predicted molar refractivity (Wildman–Crippen MR) is 123 cm³/mol. The first-order chi connectivity index (χ1) is 15.6. The van der Waals surface area contributed by atoms with Gasteiger partial charge >= 0.3 is 0 Å². The fourth-order valence-electron chi connectivity index (χ4n) is 5.29. The van der Waals surface area contributed by atoms with Crippen molar-refractivity contribution in [2.75, 3.05) is 44.3 Å². The maximum atomic E-state index is 11.8. The van der Waals surface area contributed by atoms with Crippen LogP contribution in [0.25, 0.3) is 16.6 Å². The summed E-state index contributed by atoms with van der Waals surface area (Å²) < 4.78 is 20.6. The number of halogens is 2. The molecule has 2 aromatic heterocycles. The summed E-state index contributed by atoms with van der Waals surface area (Å²) in [5, 5.41) is 14.5. The number of piperazine rings is 1. The third-order valence-corrected chi connectivity index (χ3v) is 7.58. The van der Waals surface area contributed by atoms with E-state index >= 15 is 0 Å². The molecule has 3 aliphatic carbocycles. The lowest BCUT2D eigenvalue weighted by Gasteiger charge is -2.61. The number of nitrogens with one attached hydrogen (secondary N) is 1. The molecule has 3 saturated carbocycles. The van der Waals surface area contributed by atoms with Crippen molar-refractivity contribution in [3.8, 4) is 5.69 Å². The average molecular weight is 459 g/mol. The first-order valence-electron chi connectivity index (χ1n) is 11.5. The highest BCUT2D eigenvalue weighted by atomic mass is 35.5. The number of rotatable bonds is 3. The number of alkyl halides is 1. The molecule has 9 heteroatoms. The smallest absolute Gasteiger partial charge is 0.126 e. The van der Waals surface area contributed by atoms with Crippen LogP contribution in [-0.4, -0.2) is 65.1 Å². The van der Waals surface area contributed by atoms with Gasteiger partial charge in [-0.05, 0) is 37.3 Å². The van der Waals surface area contributed by atoms with Crippen LogP contribution in [0.3, 0.4) is 0 Å². The standard InChI is InChI=1S/C19H21ClN6.C4H7FO/c20-16-5-14-10-23-26(17(14)6-18(16)24-3-1-21-2-4-24)15-11-22-25(12-15)19-7-13(8-19)9-19;5-4-1-2-6-3-4/h5-6,10-13,21H,1-4,7-9H2;4H,1-3H2. The Labute approximate surface area is 191 Å². The lowest BCUT2D eigenvalue weighted by molar-refractivity contribution is -0.0977. The Hall–Kier alpha value is -2.16. The van der Waals surface area contributed by atoms with Gasteiger partial charge in [-0.1, -0.05) is 11.6 Å². The van der Waals surface area contributed by atoms with Crippen LogP contribution in [0.1, 0.15) is 25.7 Å². The summed E-state index contributed by atoms with van der Waals surface area (Å²) in [6.07, 6.45) is 9.77. The summed E-state index contributed by atoms with van der Waals surface area (Å²) >= 11 is 6.57. The molecule has 0 spiro atoms. The fraction of sp³-hybridized carbons (Fsp3) is 0.565. The van der Waals surface area contributed by atoms with Crippen molar-refractivity contribution in [1.29, 1.82) is 0 Å². The van der Waals surface area contributed by atoms with E-state index in [1.54, 1.807) is 0 Å². The summed E-state index contributed by atoms with van der Waals surface area (Å²) in [6, 6.07) is 4.21. The van der Waals surface area contributed by atoms with Crippen molar-refractivity contribution >= 4 is 28.2 Å². The second kappa shape index (κ2) is 8.01. The van der Waals surface area contributed by atoms with Gasteiger partial charge in [0, 0.05) is 44.6 Å². The van der Waals surface area contributed by atoms with Gasteiger partial charge < -0.3 is 15.0 Å². The molecule has 32 heavy (non-hydrogen) atoms. The second-order valence-electron chi connectivity index (χ2n) is 9.46. The first-order valence-corrected chi connectivity index (χ1v) is 11.9. The van der Waals surface area contributed by atoms with Gasteiger partial charge in [0.25, 0.3) is 0 Å². The Morgan fingerprint density at radius 3 is 2.56 bits per heavy atom. The van der Waals surface area contributed by atoms with E-state index in [4.69, 9.17) is 11.6 Å². The van der Waals surface area contributed by atoms with Gasteiger partial charge in [-0.25, -0.2) is 9.07 Å². The summed E-state index contributed by atoms with van der Waals surface area (Å²) in [5.74, 6) is 0.942. The van der Waals surface area contributed by atoms with Gasteiger partial charge in [0.1, 0.15) is 11.9 Å². The summed E-state index contributed by atoms with van der Waals surface area (Å²) in [4.78, 5) is 2.35. The highest BCUT2D eigenvalue weighted by molar-refractivity contribution is 6.34. The number of aromatic nitrogens is 4. The van der Waals surface area contributed by atoms with Gasteiger partial charge in [-0.3, -0.25) is 4.68 Å². The molecule has 5 aliphatic rings. The van der Waals surface area contributed by atoms with E-state index in [9.17, 15) is 4.39 Å². The minimum Gasteiger partial charge on any atom is -0.378 e. The second-order valence-corrected chi connectivity index (χ2v) is 9.87. The van der Waals surface area contributed by atoms with Crippen LogP contribution in [0, 0.1) is 5.92 Å². The molecule has 1 N–H and O–H groups in total. The topological polar surface area (TPSA) is 60.1 Å². The molecule has 170 valence electrons. The molecule has 4 heterocycles. The van der Waals surface area contributed by atoms with Gasteiger partial charge in [0.2, 0.25) is 0 Å². The Bertz CT molecular complexity index is 1100. The Morgan fingerprint density at radius 1 is 1.12 bits per heavy atom. The number of anilines is 1. The fourth-order valence-corrected chi connectivity index (χ4v) is 5.58. The van der Waals surface area contributed by atoms with Gasteiger partial charge in [-0.2, -0.15) is 10.2 Å². The Morgan fingerprint density at radius 2 is 1.94 bits per heavy atom. The van der Waals surface area contributed by atoms with Crippen LogP contribution in [0.2, 0.25) is 5.02 Å². The first kappa shape index (κ1) is 20.4. The van der Waals surface area contributed by atoms with Gasteiger partial charge in [0.05, 0.1) is 47.0 Å². The van der Waals surface area contributed by atoms with Crippen molar-refractivity contribution in [1.82, 2.24) is 24.9 Å². The van der Waals surface area contributed by atoms with Crippen LogP contribution in [0.4, 0.5) is 10.1 Å². The Kier molecular flexibility index (Phi) is 5.12. The SMILES string of the molecule is Clc1cc2cnn(-c3cnn(C45CC(C4)C5)c3)c2cc1N1CCNCC1.FC1CCOC1. The van der Waals surface area contributed by atoms with Crippen molar-refractivity contribution < 1.29 is 9.13 Å². The van der Waals surface area contributed by atoms with Crippen LogP contribution >= 0.6 is 11.6 Å². The van der Waals surface area contributed by atoms with Crippen molar-refractivity contribution in [2.45, 2.75) is 37.4 Å². The third kappa shape index (κ3) is 3.49. The zero-order valence-corrected chi connectivity index (χ0v) is 18.8. The molecule has 0 radical (unpaired) electrons. The molecule has 3 aromatic rings. The van der Waals surface area contributed by atoms with Crippen molar-refractivity contribution in [3.63, 3.8) is 0 Å². The molecule has 2 saturated heterocycles. The van der Waals surface area contributed by atoms with Crippen LogP contribution in [-0.2, 0) is 10.3 Å². The predicted octanol–water partition coefficient (Wildman–Crippen LogP) is 3.54. The van der Waals surface area contributed by atoms with Gasteiger partial charge in [0.15, 0.2) is 0 Å². The zero-order valence-electron chi connectivity index (χ0n) is 18.0. The lowest BCUT2D eigenvalue weighted by Crippen LogP contribution is -2.59. The van der Waals surface area contributed by atoms with E-state index in [0.717, 1.165) is 59.4 Å². The highest BCUT2D eigenvalue weighted by Crippen LogP contribution is 2.62. The maximum Gasteiger partial charge on any atom is 0.126 e. The van der Waals surface area contributed by atoms with E-state index in [2.05, 4.69) is 42.1 Å². The van der Waals surface area contributed by atoms with Crippen LogP contribution in [0.15, 0.2) is 30.7 Å². The summed E-state index contributed by atoms with van der Waals surface area (Å²) in [6.45, 7) is 4.86. The molecule has 8 rings (SSSR count). The average Bonchev–Trinajstić information content (AvgIpc) is 3.47. The maximum absolute atomic E-state index is 11.8. The third-order valence-electron chi connectivity index (χ3n) is 7.27. The number of fused-ring (bicyclic) bond motifs is 1. The highest BCUT2D eigenvalue weighted by Gasteiger charge is 2.58. The molecule has 1 aromatic carbocycles. The number of hydrogen-bond acceptors (Lipinski definition) is 5. The van der Waals surface area contributed by atoms with Crippen molar-refractivity contribution in [2.24, 2.45) is 5.92 Å². The molecule has 1 unspecified atom stereocenters.